The molecule has 6 nitrogen and oxygen atoms in total. The van der Waals surface area contributed by atoms with E-state index in [1.54, 1.807) is 25.4 Å². The van der Waals surface area contributed by atoms with Crippen LogP contribution in [0.1, 0.15) is 16.1 Å². The number of aliphatic imine (C=N–C) groups is 1. The maximum absolute atomic E-state index is 11.5. The number of aromatic nitrogens is 3. The van der Waals surface area contributed by atoms with E-state index < -0.39 is 0 Å². The van der Waals surface area contributed by atoms with E-state index in [9.17, 15) is 4.79 Å². The molecule has 0 bridgehead atoms. The van der Waals surface area contributed by atoms with Gasteiger partial charge in [-0.05, 0) is 29.3 Å². The number of H-pyrrole nitrogens is 1. The third-order valence-electron chi connectivity index (χ3n) is 3.61. The van der Waals surface area contributed by atoms with Crippen LogP contribution >= 0.6 is 0 Å². The fourth-order valence-electron chi connectivity index (χ4n) is 2.43. The Balaban J connectivity index is 1.96. The molecular weight excluding hydrogens is 304 g/mol. The number of carbonyl (C=O) groups is 1. The van der Waals surface area contributed by atoms with Crippen molar-refractivity contribution in [2.45, 2.75) is 0 Å². The number of aromatic amines is 1. The summed E-state index contributed by atoms with van der Waals surface area (Å²) in [5.41, 5.74) is 4.98. The highest BCUT2D eigenvalue weighted by atomic mass is 16.5. The second-order valence-electron chi connectivity index (χ2n) is 5.11. The van der Waals surface area contributed by atoms with Crippen molar-refractivity contribution in [1.82, 2.24) is 15.4 Å². The molecule has 0 aliphatic rings. The summed E-state index contributed by atoms with van der Waals surface area (Å²) in [4.78, 5) is 15.5. The largest absolute Gasteiger partial charge is 0.465 e. The third-order valence-corrected chi connectivity index (χ3v) is 3.61. The van der Waals surface area contributed by atoms with Gasteiger partial charge < -0.3 is 4.74 Å². The number of rotatable bonds is 4. The normalized spacial score (nSPS) is 10.9. The molecule has 3 rings (SSSR count). The van der Waals surface area contributed by atoms with Gasteiger partial charge in [-0.25, -0.2) is 4.79 Å². The van der Waals surface area contributed by atoms with E-state index in [1.807, 2.05) is 36.4 Å². The zero-order valence-corrected chi connectivity index (χ0v) is 13.4. The summed E-state index contributed by atoms with van der Waals surface area (Å²) in [6, 6.07) is 15.2. The Morgan fingerprint density at radius 3 is 2.58 bits per heavy atom. The van der Waals surface area contributed by atoms with Crippen molar-refractivity contribution < 1.29 is 9.53 Å². The van der Waals surface area contributed by atoms with Gasteiger partial charge in [-0.15, -0.1) is 5.10 Å². The lowest BCUT2D eigenvalue weighted by molar-refractivity contribution is 0.0601. The monoisotopic (exact) mass is 320 g/mol. The van der Waals surface area contributed by atoms with E-state index in [1.165, 1.54) is 7.11 Å². The number of nitrogens with one attached hydrogen (secondary N) is 1. The Kier molecular flexibility index (Phi) is 4.47. The van der Waals surface area contributed by atoms with E-state index in [0.717, 1.165) is 28.1 Å². The number of methoxy groups -OCH3 is 1. The molecule has 0 unspecified atom stereocenters. The minimum Gasteiger partial charge on any atom is -0.465 e. The topological polar surface area (TPSA) is 80.2 Å². The molecule has 0 atom stereocenters. The van der Waals surface area contributed by atoms with Gasteiger partial charge in [0, 0.05) is 18.8 Å². The molecule has 0 aliphatic carbocycles. The quantitative estimate of drug-likeness (QED) is 0.592. The summed E-state index contributed by atoms with van der Waals surface area (Å²) < 4.78 is 4.72. The van der Waals surface area contributed by atoms with Crippen LogP contribution < -0.4 is 0 Å². The lowest BCUT2D eigenvalue weighted by atomic mass is 10.00. The molecule has 0 amide bonds. The smallest absolute Gasteiger partial charge is 0.337 e. The number of ether oxygens (including phenoxy) is 1. The maximum Gasteiger partial charge on any atom is 0.337 e. The van der Waals surface area contributed by atoms with Gasteiger partial charge in [0.2, 0.25) is 0 Å². The molecule has 0 aliphatic heterocycles. The molecule has 0 saturated heterocycles. The predicted molar refractivity (Wildman–Crippen MR) is 92.1 cm³/mol. The molecule has 1 N–H and O–H groups in total. The minimum absolute atomic E-state index is 0.346. The van der Waals surface area contributed by atoms with E-state index in [4.69, 9.17) is 4.74 Å². The van der Waals surface area contributed by atoms with Gasteiger partial charge in [0.05, 0.1) is 12.7 Å². The van der Waals surface area contributed by atoms with Crippen molar-refractivity contribution in [1.29, 1.82) is 0 Å². The first-order valence-electron chi connectivity index (χ1n) is 7.35. The van der Waals surface area contributed by atoms with E-state index in [2.05, 4.69) is 20.4 Å². The van der Waals surface area contributed by atoms with Gasteiger partial charge in [-0.3, -0.25) is 10.1 Å². The van der Waals surface area contributed by atoms with Crippen LogP contribution in [-0.2, 0) is 4.74 Å². The molecule has 0 fully saturated rings. The summed E-state index contributed by atoms with van der Waals surface area (Å²) in [5, 5.41) is 10.8. The summed E-state index contributed by atoms with van der Waals surface area (Å²) >= 11 is 0. The first-order valence-corrected chi connectivity index (χ1v) is 7.35. The number of hydrogen-bond acceptors (Lipinski definition) is 5. The van der Waals surface area contributed by atoms with Gasteiger partial charge in [-0.1, -0.05) is 35.5 Å². The molecule has 0 radical (unpaired) electrons. The van der Waals surface area contributed by atoms with E-state index in [0.29, 0.717) is 5.56 Å². The first-order chi connectivity index (χ1) is 11.7. The molecule has 1 aromatic heterocycles. The zero-order valence-electron chi connectivity index (χ0n) is 13.4. The van der Waals surface area contributed by atoms with Crippen molar-refractivity contribution in [3.8, 4) is 22.4 Å². The third kappa shape index (κ3) is 3.08. The van der Waals surface area contributed by atoms with Gasteiger partial charge in [-0.2, -0.15) is 0 Å². The van der Waals surface area contributed by atoms with Crippen LogP contribution in [0.2, 0.25) is 0 Å². The molecule has 120 valence electrons. The Morgan fingerprint density at radius 1 is 1.12 bits per heavy atom. The van der Waals surface area contributed by atoms with Crippen LogP contribution in [0, 0.1) is 0 Å². The summed E-state index contributed by atoms with van der Waals surface area (Å²) in [7, 11) is 3.07. The van der Waals surface area contributed by atoms with Crippen LogP contribution in [0.25, 0.3) is 22.4 Å². The predicted octanol–water partition coefficient (Wildman–Crippen LogP) is 2.97. The Morgan fingerprint density at radius 2 is 1.88 bits per heavy atom. The number of hydrogen-bond donors (Lipinski definition) is 1. The lowest BCUT2D eigenvalue weighted by Crippen LogP contribution is -2.00. The highest BCUT2D eigenvalue weighted by Crippen LogP contribution is 2.26. The fourth-order valence-corrected chi connectivity index (χ4v) is 2.43. The van der Waals surface area contributed by atoms with Crippen molar-refractivity contribution in [2.75, 3.05) is 14.2 Å². The number of nitrogens with zero attached hydrogens (tertiary/aromatic N) is 3. The molecule has 1 heterocycles. The molecule has 0 spiro atoms. The molecular formula is C18H16N4O2. The van der Waals surface area contributed by atoms with Crippen LogP contribution in [0.3, 0.4) is 0 Å². The Labute approximate surface area is 139 Å². The van der Waals surface area contributed by atoms with Crippen molar-refractivity contribution in [3.05, 3.63) is 59.8 Å². The average Bonchev–Trinajstić information content (AvgIpc) is 3.10. The minimum atomic E-state index is -0.346. The van der Waals surface area contributed by atoms with Gasteiger partial charge in [0.15, 0.2) is 0 Å². The zero-order chi connectivity index (χ0) is 16.9. The van der Waals surface area contributed by atoms with Crippen LogP contribution in [-0.4, -0.2) is 41.8 Å². The molecule has 0 saturated carbocycles. The summed E-state index contributed by atoms with van der Waals surface area (Å²) in [6.07, 6.45) is 1.69. The SMILES string of the molecule is C/N=C/c1[nH]nnc1-c1cccc(-c2ccc(C(=O)OC)cc2)c1. The first kappa shape index (κ1) is 15.6. The molecule has 6 heteroatoms. The van der Waals surface area contributed by atoms with Crippen LogP contribution in [0.5, 0.6) is 0 Å². The number of carbonyl (C=O) groups excluding carboxylic acids is 1. The summed E-state index contributed by atoms with van der Waals surface area (Å²) in [6.45, 7) is 0. The maximum atomic E-state index is 11.5. The van der Waals surface area contributed by atoms with Gasteiger partial charge in [0.1, 0.15) is 11.4 Å². The Bertz CT molecular complexity index is 882. The van der Waals surface area contributed by atoms with Crippen LogP contribution in [0.15, 0.2) is 53.5 Å². The van der Waals surface area contributed by atoms with E-state index in [-0.39, 0.29) is 5.97 Å². The molecule has 2 aromatic carbocycles. The highest BCUT2D eigenvalue weighted by Gasteiger charge is 2.10. The second kappa shape index (κ2) is 6.87. The van der Waals surface area contributed by atoms with E-state index >= 15 is 0 Å². The standard InChI is InChI=1S/C18H16N4O2/c1-19-11-16-17(21-22-20-16)15-5-3-4-14(10-15)12-6-8-13(9-7-12)18(23)24-2/h3-11H,1-2H3,(H,20,21,22)/b19-11+. The molecule has 24 heavy (non-hydrogen) atoms. The summed E-state index contributed by atoms with van der Waals surface area (Å²) in [5.74, 6) is -0.346. The second-order valence-corrected chi connectivity index (χ2v) is 5.11. The Hall–Kier alpha value is -3.28. The van der Waals surface area contributed by atoms with Gasteiger partial charge >= 0.3 is 5.97 Å². The van der Waals surface area contributed by atoms with Crippen molar-refractivity contribution >= 4 is 12.2 Å². The van der Waals surface area contributed by atoms with Crippen molar-refractivity contribution in [2.24, 2.45) is 4.99 Å². The molecule has 3 aromatic rings. The average molecular weight is 320 g/mol. The fraction of sp³-hybridized carbons (Fsp3) is 0.111. The number of esters is 1. The van der Waals surface area contributed by atoms with Crippen molar-refractivity contribution in [3.63, 3.8) is 0 Å². The number of benzene rings is 2. The van der Waals surface area contributed by atoms with Gasteiger partial charge in [0.25, 0.3) is 0 Å². The lowest BCUT2D eigenvalue weighted by Gasteiger charge is -2.06. The van der Waals surface area contributed by atoms with Crippen LogP contribution in [0.4, 0.5) is 0 Å². The highest BCUT2D eigenvalue weighted by molar-refractivity contribution is 5.90.